The number of carbonyl (C=O) groups is 1. The maximum absolute atomic E-state index is 12.0. The molecule has 0 bridgehead atoms. The lowest BCUT2D eigenvalue weighted by Crippen LogP contribution is -2.28. The van der Waals surface area contributed by atoms with Crippen molar-refractivity contribution in [2.24, 2.45) is 0 Å². The maximum Gasteiger partial charge on any atom is 0.341 e. The van der Waals surface area contributed by atoms with Crippen LogP contribution in [0.15, 0.2) is 22.3 Å². The molecule has 0 aliphatic carbocycles. The first kappa shape index (κ1) is 12.5. The molecule has 0 atom stereocenters. The van der Waals surface area contributed by atoms with E-state index in [0.717, 1.165) is 16.4 Å². The molecule has 0 radical (unpaired) electrons. The van der Waals surface area contributed by atoms with Gasteiger partial charge in [0.05, 0.1) is 6.54 Å². The van der Waals surface area contributed by atoms with Gasteiger partial charge in [0.25, 0.3) is 5.56 Å². The summed E-state index contributed by atoms with van der Waals surface area (Å²) in [5.41, 5.74) is 0.914. The minimum Gasteiger partial charge on any atom is -0.477 e. The molecule has 2 heterocycles. The SMILES string of the molecule is Cc1csc(Cn2c(C)ccc(C(=O)O)c2=O)n1. The first-order valence-corrected chi connectivity index (χ1v) is 6.21. The van der Waals surface area contributed by atoms with Gasteiger partial charge < -0.3 is 9.67 Å². The van der Waals surface area contributed by atoms with E-state index in [4.69, 9.17) is 5.11 Å². The third-order valence-corrected chi connectivity index (χ3v) is 3.53. The molecule has 0 aliphatic heterocycles. The number of aryl methyl sites for hydroxylation is 2. The molecule has 94 valence electrons. The number of thiazole rings is 1. The Balaban J connectivity index is 2.47. The van der Waals surface area contributed by atoms with Crippen LogP contribution in [0.2, 0.25) is 0 Å². The number of aromatic carboxylic acids is 1. The molecule has 0 fully saturated rings. The summed E-state index contributed by atoms with van der Waals surface area (Å²) in [6.45, 7) is 3.96. The second kappa shape index (κ2) is 4.73. The summed E-state index contributed by atoms with van der Waals surface area (Å²) in [5.74, 6) is -1.20. The third kappa shape index (κ3) is 2.33. The Labute approximate surface area is 107 Å². The normalized spacial score (nSPS) is 10.6. The van der Waals surface area contributed by atoms with Crippen molar-refractivity contribution in [1.82, 2.24) is 9.55 Å². The van der Waals surface area contributed by atoms with Crippen molar-refractivity contribution in [2.75, 3.05) is 0 Å². The molecule has 0 unspecified atom stereocenters. The highest BCUT2D eigenvalue weighted by atomic mass is 32.1. The zero-order chi connectivity index (χ0) is 13.3. The van der Waals surface area contributed by atoms with E-state index in [1.54, 1.807) is 13.0 Å². The minimum atomic E-state index is -1.20. The highest BCUT2D eigenvalue weighted by Gasteiger charge is 2.13. The van der Waals surface area contributed by atoms with Gasteiger partial charge in [0.1, 0.15) is 10.6 Å². The van der Waals surface area contributed by atoms with Crippen LogP contribution in [0.5, 0.6) is 0 Å². The molecule has 6 heteroatoms. The highest BCUT2D eigenvalue weighted by Crippen LogP contribution is 2.11. The molecule has 2 aromatic rings. The van der Waals surface area contributed by atoms with Gasteiger partial charge in [-0.3, -0.25) is 4.79 Å². The number of hydrogen-bond acceptors (Lipinski definition) is 4. The van der Waals surface area contributed by atoms with E-state index >= 15 is 0 Å². The first-order chi connectivity index (χ1) is 8.49. The number of hydrogen-bond donors (Lipinski definition) is 1. The number of pyridine rings is 1. The fraction of sp³-hybridized carbons (Fsp3) is 0.250. The molecule has 18 heavy (non-hydrogen) atoms. The largest absolute Gasteiger partial charge is 0.477 e. The average molecular weight is 264 g/mol. The number of nitrogens with zero attached hydrogens (tertiary/aromatic N) is 2. The molecule has 5 nitrogen and oxygen atoms in total. The Morgan fingerprint density at radius 3 is 2.72 bits per heavy atom. The molecule has 0 saturated heterocycles. The number of carboxylic acid groups (broad SMARTS) is 1. The van der Waals surface area contributed by atoms with Gasteiger partial charge >= 0.3 is 5.97 Å². The van der Waals surface area contributed by atoms with Crippen molar-refractivity contribution in [3.8, 4) is 0 Å². The van der Waals surface area contributed by atoms with Crippen molar-refractivity contribution in [3.05, 3.63) is 49.8 Å². The van der Waals surface area contributed by atoms with Crippen molar-refractivity contribution in [3.63, 3.8) is 0 Å². The van der Waals surface area contributed by atoms with Gasteiger partial charge in [0, 0.05) is 16.8 Å². The van der Waals surface area contributed by atoms with Gasteiger partial charge in [-0.1, -0.05) is 0 Å². The van der Waals surface area contributed by atoms with Crippen LogP contribution in [0.4, 0.5) is 0 Å². The Kier molecular flexibility index (Phi) is 3.29. The first-order valence-electron chi connectivity index (χ1n) is 5.34. The van der Waals surface area contributed by atoms with E-state index in [0.29, 0.717) is 6.54 Å². The Hall–Kier alpha value is -1.95. The topological polar surface area (TPSA) is 72.2 Å². The molecular weight excluding hydrogens is 252 g/mol. The van der Waals surface area contributed by atoms with Crippen LogP contribution < -0.4 is 5.56 Å². The Morgan fingerprint density at radius 2 is 2.17 bits per heavy atom. The molecule has 0 aromatic carbocycles. The molecule has 0 spiro atoms. The lowest BCUT2D eigenvalue weighted by atomic mass is 10.2. The molecule has 0 aliphatic rings. The summed E-state index contributed by atoms with van der Waals surface area (Å²) >= 11 is 1.46. The maximum atomic E-state index is 12.0. The van der Waals surface area contributed by atoms with Crippen molar-refractivity contribution in [1.29, 1.82) is 0 Å². The summed E-state index contributed by atoms with van der Waals surface area (Å²) in [5, 5.41) is 11.6. The summed E-state index contributed by atoms with van der Waals surface area (Å²) in [7, 11) is 0. The molecular formula is C12H12N2O3S. The summed E-state index contributed by atoms with van der Waals surface area (Å²) in [4.78, 5) is 27.2. The van der Waals surface area contributed by atoms with Crippen molar-refractivity contribution in [2.45, 2.75) is 20.4 Å². The molecule has 2 rings (SSSR count). The summed E-state index contributed by atoms with van der Waals surface area (Å²) in [6.07, 6.45) is 0. The number of carboxylic acids is 1. The number of aromatic nitrogens is 2. The van der Waals surface area contributed by atoms with E-state index in [1.165, 1.54) is 22.0 Å². The van der Waals surface area contributed by atoms with E-state index in [9.17, 15) is 9.59 Å². The van der Waals surface area contributed by atoms with Gasteiger partial charge in [-0.2, -0.15) is 0 Å². The van der Waals surface area contributed by atoms with Gasteiger partial charge in [-0.25, -0.2) is 9.78 Å². The second-order valence-electron chi connectivity index (χ2n) is 3.97. The average Bonchev–Trinajstić information content (AvgIpc) is 2.69. The fourth-order valence-electron chi connectivity index (χ4n) is 1.64. The smallest absolute Gasteiger partial charge is 0.341 e. The summed E-state index contributed by atoms with van der Waals surface area (Å²) in [6, 6.07) is 2.97. The van der Waals surface area contributed by atoms with Crippen LogP contribution in [-0.2, 0) is 6.54 Å². The van der Waals surface area contributed by atoms with E-state index in [2.05, 4.69) is 4.98 Å². The van der Waals surface area contributed by atoms with Gasteiger partial charge in [-0.15, -0.1) is 11.3 Å². The monoisotopic (exact) mass is 264 g/mol. The van der Waals surface area contributed by atoms with Crippen molar-refractivity contribution >= 4 is 17.3 Å². The predicted octanol–water partition coefficient (Wildman–Crippen LogP) is 1.67. The minimum absolute atomic E-state index is 0.214. The standard InChI is InChI=1S/C12H12N2O3S/c1-7-6-18-10(13-7)5-14-8(2)3-4-9(11(14)15)12(16)17/h3-4,6H,5H2,1-2H3,(H,16,17). The van der Waals surface area contributed by atoms with Crippen LogP contribution in [0.25, 0.3) is 0 Å². The van der Waals surface area contributed by atoms with Gasteiger partial charge in [-0.05, 0) is 26.0 Å². The zero-order valence-corrected chi connectivity index (χ0v) is 10.8. The van der Waals surface area contributed by atoms with Gasteiger partial charge in [0.2, 0.25) is 0 Å². The number of rotatable bonds is 3. The predicted molar refractivity (Wildman–Crippen MR) is 68.4 cm³/mol. The van der Waals surface area contributed by atoms with E-state index in [-0.39, 0.29) is 5.56 Å². The van der Waals surface area contributed by atoms with Crippen LogP contribution >= 0.6 is 11.3 Å². The van der Waals surface area contributed by atoms with Gasteiger partial charge in [0.15, 0.2) is 0 Å². The van der Waals surface area contributed by atoms with Crippen LogP contribution in [0.3, 0.4) is 0 Å². The van der Waals surface area contributed by atoms with E-state index in [1.807, 2.05) is 12.3 Å². The van der Waals surface area contributed by atoms with Crippen molar-refractivity contribution < 1.29 is 9.90 Å². The fourth-order valence-corrected chi connectivity index (χ4v) is 2.40. The van der Waals surface area contributed by atoms with E-state index < -0.39 is 11.5 Å². The lowest BCUT2D eigenvalue weighted by Gasteiger charge is -2.08. The molecule has 0 amide bonds. The lowest BCUT2D eigenvalue weighted by molar-refractivity contribution is 0.0694. The highest BCUT2D eigenvalue weighted by molar-refractivity contribution is 7.09. The molecule has 1 N–H and O–H groups in total. The van der Waals surface area contributed by atoms with Crippen LogP contribution in [-0.4, -0.2) is 20.6 Å². The quantitative estimate of drug-likeness (QED) is 0.915. The third-order valence-electron chi connectivity index (χ3n) is 2.58. The Morgan fingerprint density at radius 1 is 1.44 bits per heavy atom. The molecule has 0 saturated carbocycles. The zero-order valence-electron chi connectivity index (χ0n) is 10.0. The molecule has 2 aromatic heterocycles. The Bertz CT molecular complexity index is 658. The second-order valence-corrected chi connectivity index (χ2v) is 4.91. The van der Waals surface area contributed by atoms with Crippen LogP contribution in [0.1, 0.15) is 26.8 Å². The summed E-state index contributed by atoms with van der Waals surface area (Å²) < 4.78 is 1.43. The van der Waals surface area contributed by atoms with Crippen LogP contribution in [0, 0.1) is 13.8 Å².